The number of carbonyl (C=O) groups is 2. The molecule has 0 saturated carbocycles. The summed E-state index contributed by atoms with van der Waals surface area (Å²) in [5.41, 5.74) is 0.976. The SMILES string of the molecule is CCN(CC)CCN1C(=O)C(O)=C(C(=O)c2cc3cc(Br)ccc3o2)C1c1cc(OC)c(OC)c(OC)c1. The quantitative estimate of drug-likeness (QED) is 0.308. The lowest BCUT2D eigenvalue weighted by atomic mass is 9.94. The monoisotopic (exact) mass is 586 g/mol. The van der Waals surface area contributed by atoms with Crippen molar-refractivity contribution in [2.75, 3.05) is 47.5 Å². The van der Waals surface area contributed by atoms with Crippen LogP contribution < -0.4 is 14.2 Å². The van der Waals surface area contributed by atoms with Crippen LogP contribution in [0.4, 0.5) is 0 Å². The number of ketones is 1. The molecule has 9 nitrogen and oxygen atoms in total. The Bertz CT molecular complexity index is 1370. The molecule has 0 radical (unpaired) electrons. The largest absolute Gasteiger partial charge is 0.503 e. The molecule has 202 valence electrons. The van der Waals surface area contributed by atoms with Crippen molar-refractivity contribution in [1.29, 1.82) is 0 Å². The third kappa shape index (κ3) is 4.98. The first kappa shape index (κ1) is 27.5. The van der Waals surface area contributed by atoms with E-state index < -0.39 is 23.5 Å². The topological polar surface area (TPSA) is 102 Å². The zero-order valence-corrected chi connectivity index (χ0v) is 23.6. The molecule has 0 aliphatic carbocycles. The summed E-state index contributed by atoms with van der Waals surface area (Å²) in [4.78, 5) is 30.9. The summed E-state index contributed by atoms with van der Waals surface area (Å²) in [5, 5.41) is 11.8. The van der Waals surface area contributed by atoms with Crippen molar-refractivity contribution in [3.63, 3.8) is 0 Å². The molecule has 1 aromatic heterocycles. The number of nitrogens with zero attached hydrogens (tertiary/aromatic N) is 2. The number of aliphatic hydroxyl groups excluding tert-OH is 1. The van der Waals surface area contributed by atoms with Gasteiger partial charge in [0.25, 0.3) is 5.91 Å². The first-order valence-electron chi connectivity index (χ1n) is 12.3. The third-order valence-electron chi connectivity index (χ3n) is 6.80. The summed E-state index contributed by atoms with van der Waals surface area (Å²) in [6.07, 6.45) is 0. The Morgan fingerprint density at radius 2 is 1.71 bits per heavy atom. The standard InChI is InChI=1S/C28H31BrN2O7/c1-6-30(7-2)10-11-31-24(17-14-21(35-3)27(37-5)22(15-17)36-4)23(26(33)28(31)34)25(32)20-13-16-12-18(29)8-9-19(16)38-20/h8-9,12-15,24,33H,6-7,10-11H2,1-5H3. The van der Waals surface area contributed by atoms with Crippen LogP contribution in [0.5, 0.6) is 17.2 Å². The normalized spacial score (nSPS) is 15.6. The summed E-state index contributed by atoms with van der Waals surface area (Å²) in [6.45, 7) is 6.52. The molecular weight excluding hydrogens is 556 g/mol. The molecule has 3 aromatic rings. The number of amides is 1. The molecule has 0 spiro atoms. The van der Waals surface area contributed by atoms with E-state index in [4.69, 9.17) is 18.6 Å². The summed E-state index contributed by atoms with van der Waals surface area (Å²) >= 11 is 3.42. The van der Waals surface area contributed by atoms with E-state index in [0.29, 0.717) is 34.9 Å². The molecule has 1 unspecified atom stereocenters. The van der Waals surface area contributed by atoms with Crippen LogP contribution in [0.1, 0.15) is 36.0 Å². The minimum absolute atomic E-state index is 0.0236. The molecule has 1 atom stereocenters. The van der Waals surface area contributed by atoms with Crippen LogP contribution in [-0.2, 0) is 4.79 Å². The number of furan rings is 1. The number of likely N-dealkylation sites (N-methyl/N-ethyl adjacent to an activating group) is 1. The van der Waals surface area contributed by atoms with E-state index in [1.54, 1.807) is 24.3 Å². The number of carbonyl (C=O) groups excluding carboxylic acids is 2. The van der Waals surface area contributed by atoms with Crippen LogP contribution in [0.2, 0.25) is 0 Å². The van der Waals surface area contributed by atoms with Gasteiger partial charge in [0.15, 0.2) is 23.0 Å². The predicted molar refractivity (Wildman–Crippen MR) is 146 cm³/mol. The van der Waals surface area contributed by atoms with Crippen molar-refractivity contribution >= 4 is 38.6 Å². The average molecular weight is 587 g/mol. The fourth-order valence-electron chi connectivity index (χ4n) is 4.77. The van der Waals surface area contributed by atoms with E-state index in [9.17, 15) is 14.7 Å². The number of aliphatic hydroxyl groups is 1. The molecule has 4 rings (SSSR count). The van der Waals surface area contributed by atoms with E-state index in [1.165, 1.54) is 26.2 Å². The van der Waals surface area contributed by atoms with Crippen LogP contribution in [0.15, 0.2) is 56.6 Å². The van der Waals surface area contributed by atoms with E-state index in [0.717, 1.165) is 22.9 Å². The maximum atomic E-state index is 13.9. The van der Waals surface area contributed by atoms with Crippen LogP contribution in [0.3, 0.4) is 0 Å². The van der Waals surface area contributed by atoms with Gasteiger partial charge in [0.05, 0.1) is 32.9 Å². The van der Waals surface area contributed by atoms with Gasteiger partial charge in [0.1, 0.15) is 5.58 Å². The number of fused-ring (bicyclic) bond motifs is 1. The van der Waals surface area contributed by atoms with Crippen molar-refractivity contribution in [3.05, 3.63) is 63.5 Å². The second kappa shape index (κ2) is 11.5. The predicted octanol–water partition coefficient (Wildman–Crippen LogP) is 5.14. The molecule has 2 aromatic carbocycles. The first-order valence-corrected chi connectivity index (χ1v) is 13.1. The lowest BCUT2D eigenvalue weighted by molar-refractivity contribution is -0.129. The highest BCUT2D eigenvalue weighted by Crippen LogP contribution is 2.45. The molecule has 0 fully saturated rings. The minimum atomic E-state index is -0.904. The van der Waals surface area contributed by atoms with E-state index in [2.05, 4.69) is 20.8 Å². The molecule has 1 N–H and O–H groups in total. The number of halogens is 1. The molecule has 1 aliphatic heterocycles. The second-order valence-corrected chi connectivity index (χ2v) is 9.69. The van der Waals surface area contributed by atoms with Gasteiger partial charge >= 0.3 is 0 Å². The Morgan fingerprint density at radius 1 is 1.05 bits per heavy atom. The van der Waals surface area contributed by atoms with E-state index in [-0.39, 0.29) is 17.9 Å². The fraction of sp³-hybridized carbons (Fsp3) is 0.357. The number of Topliss-reactive ketones (excluding diaryl/α,β-unsaturated/α-hetero) is 1. The Kier molecular flexibility index (Phi) is 8.32. The van der Waals surface area contributed by atoms with Gasteiger partial charge in [-0.15, -0.1) is 0 Å². The fourth-order valence-corrected chi connectivity index (χ4v) is 5.15. The highest BCUT2D eigenvalue weighted by Gasteiger charge is 2.45. The highest BCUT2D eigenvalue weighted by molar-refractivity contribution is 9.10. The smallest absolute Gasteiger partial charge is 0.290 e. The van der Waals surface area contributed by atoms with Gasteiger partial charge in [-0.25, -0.2) is 0 Å². The zero-order valence-electron chi connectivity index (χ0n) is 22.0. The maximum Gasteiger partial charge on any atom is 0.290 e. The van der Waals surface area contributed by atoms with Gasteiger partial charge < -0.3 is 33.5 Å². The molecule has 2 heterocycles. The molecule has 0 saturated heterocycles. The van der Waals surface area contributed by atoms with Gasteiger partial charge in [-0.3, -0.25) is 9.59 Å². The van der Waals surface area contributed by atoms with Gasteiger partial charge in [-0.1, -0.05) is 29.8 Å². The van der Waals surface area contributed by atoms with Crippen molar-refractivity contribution < 1.29 is 33.3 Å². The van der Waals surface area contributed by atoms with Gasteiger partial charge in [0, 0.05) is 22.9 Å². The van der Waals surface area contributed by atoms with Crippen LogP contribution in [0.25, 0.3) is 11.0 Å². The number of benzene rings is 2. The summed E-state index contributed by atoms with van der Waals surface area (Å²) in [7, 11) is 4.48. The average Bonchev–Trinajstić information content (AvgIpc) is 3.46. The number of hydrogen-bond donors (Lipinski definition) is 1. The maximum absolute atomic E-state index is 13.9. The molecular formula is C28H31BrN2O7. The lowest BCUT2D eigenvalue weighted by Gasteiger charge is -2.30. The molecule has 10 heteroatoms. The Hall–Kier alpha value is -3.50. The van der Waals surface area contributed by atoms with Crippen molar-refractivity contribution in [1.82, 2.24) is 9.80 Å². The Balaban J connectivity index is 1.85. The summed E-state index contributed by atoms with van der Waals surface area (Å²) < 4.78 is 23.2. The third-order valence-corrected chi connectivity index (χ3v) is 7.30. The summed E-state index contributed by atoms with van der Waals surface area (Å²) in [6, 6.07) is 9.46. The summed E-state index contributed by atoms with van der Waals surface area (Å²) in [5.74, 6) is -0.674. The number of rotatable bonds is 11. The number of methoxy groups -OCH3 is 3. The van der Waals surface area contributed by atoms with Crippen LogP contribution in [-0.4, -0.2) is 74.1 Å². The number of hydrogen-bond acceptors (Lipinski definition) is 8. The molecule has 0 bridgehead atoms. The van der Waals surface area contributed by atoms with E-state index in [1.807, 2.05) is 26.0 Å². The highest BCUT2D eigenvalue weighted by atomic mass is 79.9. The van der Waals surface area contributed by atoms with Crippen molar-refractivity contribution in [3.8, 4) is 17.2 Å². The van der Waals surface area contributed by atoms with Crippen molar-refractivity contribution in [2.45, 2.75) is 19.9 Å². The number of ether oxygens (including phenoxy) is 3. The van der Waals surface area contributed by atoms with Gasteiger partial charge in [-0.2, -0.15) is 0 Å². The molecule has 38 heavy (non-hydrogen) atoms. The Morgan fingerprint density at radius 3 is 2.29 bits per heavy atom. The van der Waals surface area contributed by atoms with Gasteiger partial charge in [0.2, 0.25) is 11.5 Å². The molecule has 1 aliphatic rings. The Labute approximate surface area is 229 Å². The lowest BCUT2D eigenvalue weighted by Crippen LogP contribution is -2.38. The zero-order chi connectivity index (χ0) is 27.6. The minimum Gasteiger partial charge on any atom is -0.503 e. The van der Waals surface area contributed by atoms with Crippen molar-refractivity contribution in [2.24, 2.45) is 0 Å². The van der Waals surface area contributed by atoms with E-state index >= 15 is 0 Å². The second-order valence-electron chi connectivity index (χ2n) is 8.77. The molecule has 1 amide bonds. The van der Waals surface area contributed by atoms with Gasteiger partial charge in [-0.05, 0) is 55.1 Å². The van der Waals surface area contributed by atoms with Crippen LogP contribution >= 0.6 is 15.9 Å². The first-order chi connectivity index (χ1) is 18.3. The van der Waals surface area contributed by atoms with Crippen LogP contribution in [0, 0.1) is 0 Å².